The number of oxazole rings is 1. The standard InChI is InChI=1S/C17H15F2N3O2/c1-9(17(23)22-14-5-3-11(18)7-13(14)19)20-12-4-6-16-15(8-12)21-10(2)24-16/h3-9,20H,1-2H3,(H,22,23)/t9-/m0/s1. The molecule has 24 heavy (non-hydrogen) atoms. The molecule has 2 N–H and O–H groups in total. The van der Waals surface area contributed by atoms with Gasteiger partial charge in [0, 0.05) is 18.7 Å². The molecule has 0 aliphatic carbocycles. The third kappa shape index (κ3) is 3.34. The van der Waals surface area contributed by atoms with Crippen LogP contribution in [0.1, 0.15) is 12.8 Å². The molecule has 124 valence electrons. The Labute approximate surface area is 136 Å². The number of anilines is 2. The topological polar surface area (TPSA) is 67.2 Å². The van der Waals surface area contributed by atoms with Crippen molar-refractivity contribution in [2.75, 3.05) is 10.6 Å². The number of nitrogens with one attached hydrogen (secondary N) is 2. The van der Waals surface area contributed by atoms with Crippen molar-refractivity contribution in [1.82, 2.24) is 4.98 Å². The van der Waals surface area contributed by atoms with Gasteiger partial charge in [0.2, 0.25) is 5.91 Å². The summed E-state index contributed by atoms with van der Waals surface area (Å²) in [6.45, 7) is 3.38. The SMILES string of the molecule is Cc1nc2cc(N[C@@H](C)C(=O)Nc3ccc(F)cc3F)ccc2o1. The van der Waals surface area contributed by atoms with Crippen LogP contribution in [0, 0.1) is 18.6 Å². The Morgan fingerprint density at radius 1 is 1.21 bits per heavy atom. The molecule has 0 radical (unpaired) electrons. The van der Waals surface area contributed by atoms with Crippen molar-refractivity contribution in [1.29, 1.82) is 0 Å². The molecule has 0 aliphatic rings. The van der Waals surface area contributed by atoms with Gasteiger partial charge in [0.15, 0.2) is 11.5 Å². The zero-order chi connectivity index (χ0) is 17.3. The van der Waals surface area contributed by atoms with E-state index in [1.54, 1.807) is 32.0 Å². The van der Waals surface area contributed by atoms with E-state index < -0.39 is 23.6 Å². The average molecular weight is 331 g/mol. The van der Waals surface area contributed by atoms with E-state index in [0.29, 0.717) is 28.7 Å². The Kier molecular flexibility index (Phi) is 4.16. The highest BCUT2D eigenvalue weighted by Gasteiger charge is 2.15. The van der Waals surface area contributed by atoms with Gasteiger partial charge in [-0.15, -0.1) is 0 Å². The molecule has 0 aliphatic heterocycles. The highest BCUT2D eigenvalue weighted by atomic mass is 19.1. The first-order valence-electron chi connectivity index (χ1n) is 7.32. The molecule has 1 atom stereocenters. The third-order valence-corrected chi connectivity index (χ3v) is 3.46. The third-order valence-electron chi connectivity index (χ3n) is 3.46. The maximum absolute atomic E-state index is 13.6. The maximum Gasteiger partial charge on any atom is 0.246 e. The predicted octanol–water partition coefficient (Wildman–Crippen LogP) is 3.85. The molecule has 3 aromatic rings. The molecule has 0 spiro atoms. The molecule has 3 rings (SSSR count). The molecule has 0 fully saturated rings. The van der Waals surface area contributed by atoms with E-state index in [0.717, 1.165) is 6.07 Å². The fourth-order valence-electron chi connectivity index (χ4n) is 2.28. The van der Waals surface area contributed by atoms with Crippen molar-refractivity contribution in [3.63, 3.8) is 0 Å². The van der Waals surface area contributed by atoms with Crippen LogP contribution < -0.4 is 10.6 Å². The number of rotatable bonds is 4. The summed E-state index contributed by atoms with van der Waals surface area (Å²) in [4.78, 5) is 16.4. The van der Waals surface area contributed by atoms with Gasteiger partial charge in [-0.05, 0) is 37.3 Å². The predicted molar refractivity (Wildman–Crippen MR) is 86.8 cm³/mol. The number of hydrogen-bond acceptors (Lipinski definition) is 4. The van der Waals surface area contributed by atoms with Crippen LogP contribution >= 0.6 is 0 Å². The van der Waals surface area contributed by atoms with Crippen LogP contribution in [0.5, 0.6) is 0 Å². The number of aryl methyl sites for hydroxylation is 1. The van der Waals surface area contributed by atoms with Gasteiger partial charge < -0.3 is 15.1 Å². The molecule has 1 aromatic heterocycles. The minimum atomic E-state index is -0.824. The summed E-state index contributed by atoms with van der Waals surface area (Å²) in [7, 11) is 0. The average Bonchev–Trinajstić information content (AvgIpc) is 2.89. The number of carbonyl (C=O) groups excluding carboxylic acids is 1. The van der Waals surface area contributed by atoms with Crippen LogP contribution in [0.25, 0.3) is 11.1 Å². The lowest BCUT2D eigenvalue weighted by Gasteiger charge is -2.15. The van der Waals surface area contributed by atoms with Gasteiger partial charge in [-0.1, -0.05) is 0 Å². The van der Waals surface area contributed by atoms with Gasteiger partial charge >= 0.3 is 0 Å². The minimum Gasteiger partial charge on any atom is -0.441 e. The molecule has 1 heterocycles. The Bertz CT molecular complexity index is 908. The molecule has 2 aromatic carbocycles. The van der Waals surface area contributed by atoms with Crippen LogP contribution in [0.15, 0.2) is 40.8 Å². The van der Waals surface area contributed by atoms with Crippen LogP contribution in [-0.2, 0) is 4.79 Å². The van der Waals surface area contributed by atoms with Gasteiger partial charge in [-0.2, -0.15) is 0 Å². The Hall–Kier alpha value is -2.96. The second-order valence-corrected chi connectivity index (χ2v) is 5.39. The summed E-state index contributed by atoms with van der Waals surface area (Å²) in [5.74, 6) is -1.42. The van der Waals surface area contributed by atoms with Gasteiger partial charge in [-0.3, -0.25) is 4.79 Å². The van der Waals surface area contributed by atoms with E-state index in [1.165, 1.54) is 6.07 Å². The summed E-state index contributed by atoms with van der Waals surface area (Å²) < 4.78 is 31.9. The van der Waals surface area contributed by atoms with Crippen molar-refractivity contribution in [3.8, 4) is 0 Å². The summed E-state index contributed by atoms with van der Waals surface area (Å²) in [5.41, 5.74) is 1.94. The van der Waals surface area contributed by atoms with Crippen molar-refractivity contribution < 1.29 is 18.0 Å². The number of aromatic nitrogens is 1. The number of halogens is 2. The quantitative estimate of drug-likeness (QED) is 0.762. The molecular formula is C17H15F2N3O2. The smallest absolute Gasteiger partial charge is 0.246 e. The van der Waals surface area contributed by atoms with E-state index in [4.69, 9.17) is 4.42 Å². The number of fused-ring (bicyclic) bond motifs is 1. The first-order chi connectivity index (χ1) is 11.4. The largest absolute Gasteiger partial charge is 0.441 e. The fraction of sp³-hybridized carbons (Fsp3) is 0.176. The van der Waals surface area contributed by atoms with Gasteiger partial charge in [0.05, 0.1) is 5.69 Å². The van der Waals surface area contributed by atoms with E-state index in [9.17, 15) is 13.6 Å². The first kappa shape index (κ1) is 15.9. The highest BCUT2D eigenvalue weighted by molar-refractivity contribution is 5.96. The van der Waals surface area contributed by atoms with Crippen molar-refractivity contribution in [2.24, 2.45) is 0 Å². The monoisotopic (exact) mass is 331 g/mol. The van der Waals surface area contributed by atoms with Gasteiger partial charge in [0.25, 0.3) is 0 Å². The van der Waals surface area contributed by atoms with E-state index >= 15 is 0 Å². The summed E-state index contributed by atoms with van der Waals surface area (Å²) in [5, 5.41) is 5.43. The summed E-state index contributed by atoms with van der Waals surface area (Å²) in [6, 6.07) is 7.61. The molecule has 0 unspecified atom stereocenters. The first-order valence-corrected chi connectivity index (χ1v) is 7.32. The summed E-state index contributed by atoms with van der Waals surface area (Å²) in [6.07, 6.45) is 0. The second-order valence-electron chi connectivity index (χ2n) is 5.39. The molecule has 0 bridgehead atoms. The number of amides is 1. The van der Waals surface area contributed by atoms with Gasteiger partial charge in [-0.25, -0.2) is 13.8 Å². The number of benzene rings is 2. The lowest BCUT2D eigenvalue weighted by Crippen LogP contribution is -2.32. The van der Waals surface area contributed by atoms with Crippen LogP contribution in [-0.4, -0.2) is 16.9 Å². The molecule has 5 nitrogen and oxygen atoms in total. The number of nitrogens with zero attached hydrogens (tertiary/aromatic N) is 1. The number of hydrogen-bond donors (Lipinski definition) is 2. The molecule has 1 amide bonds. The Morgan fingerprint density at radius 2 is 2.00 bits per heavy atom. The van der Waals surface area contributed by atoms with E-state index in [1.807, 2.05) is 0 Å². The lowest BCUT2D eigenvalue weighted by molar-refractivity contribution is -0.116. The van der Waals surface area contributed by atoms with Crippen LogP contribution in [0.3, 0.4) is 0 Å². The van der Waals surface area contributed by atoms with Crippen molar-refractivity contribution in [2.45, 2.75) is 19.9 Å². The normalized spacial score (nSPS) is 12.2. The van der Waals surface area contributed by atoms with E-state index in [2.05, 4.69) is 15.6 Å². The van der Waals surface area contributed by atoms with Crippen LogP contribution in [0.2, 0.25) is 0 Å². The lowest BCUT2D eigenvalue weighted by atomic mass is 10.2. The second kappa shape index (κ2) is 6.27. The Balaban J connectivity index is 1.70. The van der Waals surface area contributed by atoms with Crippen LogP contribution in [0.4, 0.5) is 20.2 Å². The summed E-state index contributed by atoms with van der Waals surface area (Å²) >= 11 is 0. The molecule has 7 heteroatoms. The Morgan fingerprint density at radius 3 is 2.75 bits per heavy atom. The fourth-order valence-corrected chi connectivity index (χ4v) is 2.28. The molecular weight excluding hydrogens is 316 g/mol. The van der Waals surface area contributed by atoms with E-state index in [-0.39, 0.29) is 5.69 Å². The van der Waals surface area contributed by atoms with Gasteiger partial charge in [0.1, 0.15) is 23.2 Å². The maximum atomic E-state index is 13.6. The molecule has 0 saturated heterocycles. The van der Waals surface area contributed by atoms with Crippen molar-refractivity contribution >= 4 is 28.4 Å². The number of carbonyl (C=O) groups is 1. The minimum absolute atomic E-state index is 0.0716. The highest BCUT2D eigenvalue weighted by Crippen LogP contribution is 2.21. The zero-order valence-electron chi connectivity index (χ0n) is 13.1. The molecule has 0 saturated carbocycles. The van der Waals surface area contributed by atoms with Crippen molar-refractivity contribution in [3.05, 3.63) is 53.9 Å². The zero-order valence-corrected chi connectivity index (χ0v) is 13.1.